The van der Waals surface area contributed by atoms with Gasteiger partial charge in [-0.15, -0.1) is 0 Å². The number of hydrogen-bond acceptors (Lipinski definition) is 2. The summed E-state index contributed by atoms with van der Waals surface area (Å²) in [5, 5.41) is 4.88. The largest absolute Gasteiger partial charge is 0.309 e. The van der Waals surface area contributed by atoms with Crippen molar-refractivity contribution in [3.05, 3.63) is 33.8 Å². The normalized spacial score (nSPS) is 13.6. The Bertz CT molecular complexity index is 397. The molecule has 0 bridgehead atoms. The summed E-state index contributed by atoms with van der Waals surface area (Å²) in [7, 11) is 0. The first kappa shape index (κ1) is 17.2. The molecule has 1 nitrogen and oxygen atoms in total. The highest BCUT2D eigenvalue weighted by atomic mass is 35.5. The van der Waals surface area contributed by atoms with Gasteiger partial charge in [-0.05, 0) is 37.7 Å². The van der Waals surface area contributed by atoms with Crippen molar-refractivity contribution >= 4 is 35.0 Å². The summed E-state index contributed by atoms with van der Waals surface area (Å²) in [6.45, 7) is 7.61. The molecule has 0 amide bonds. The van der Waals surface area contributed by atoms with Crippen LogP contribution < -0.4 is 5.32 Å². The monoisotopic (exact) mass is 319 g/mol. The number of nitrogens with one attached hydrogen (secondary N) is 1. The molecule has 0 aliphatic heterocycles. The molecule has 1 aromatic carbocycles. The van der Waals surface area contributed by atoms with Crippen LogP contribution in [0.5, 0.6) is 0 Å². The van der Waals surface area contributed by atoms with E-state index in [1.165, 1.54) is 0 Å². The summed E-state index contributed by atoms with van der Waals surface area (Å²) < 4.78 is 0.305. The minimum atomic E-state index is 0.204. The van der Waals surface area contributed by atoms with Crippen molar-refractivity contribution < 1.29 is 0 Å². The van der Waals surface area contributed by atoms with Gasteiger partial charge in [0.2, 0.25) is 0 Å². The van der Waals surface area contributed by atoms with Crippen LogP contribution in [0.15, 0.2) is 18.2 Å². The maximum atomic E-state index is 6.26. The average Bonchev–Trinajstić information content (AvgIpc) is 2.44. The lowest BCUT2D eigenvalue weighted by atomic mass is 10.0. The minimum absolute atomic E-state index is 0.204. The Morgan fingerprint density at radius 3 is 2.42 bits per heavy atom. The second-order valence-electron chi connectivity index (χ2n) is 4.84. The van der Waals surface area contributed by atoms with Crippen LogP contribution in [0.2, 0.25) is 10.0 Å². The first-order valence-corrected chi connectivity index (χ1v) is 8.70. The van der Waals surface area contributed by atoms with Crippen LogP contribution in [0.25, 0.3) is 0 Å². The van der Waals surface area contributed by atoms with Crippen molar-refractivity contribution in [2.45, 2.75) is 44.4 Å². The van der Waals surface area contributed by atoms with E-state index in [1.54, 1.807) is 0 Å². The van der Waals surface area contributed by atoms with Crippen LogP contribution in [-0.2, 0) is 0 Å². The maximum Gasteiger partial charge on any atom is 0.0639 e. The summed E-state index contributed by atoms with van der Waals surface area (Å²) in [6, 6.07) is 6.01. The molecule has 0 aromatic heterocycles. The van der Waals surface area contributed by atoms with Gasteiger partial charge >= 0.3 is 0 Å². The zero-order valence-corrected chi connectivity index (χ0v) is 14.4. The molecule has 19 heavy (non-hydrogen) atoms. The predicted octanol–water partition coefficient (Wildman–Crippen LogP) is 5.57. The molecular weight excluding hydrogens is 297 g/mol. The zero-order valence-electron chi connectivity index (χ0n) is 12.1. The number of thioether (sulfide) groups is 1. The van der Waals surface area contributed by atoms with Gasteiger partial charge in [0.15, 0.2) is 0 Å². The third-order valence-corrected chi connectivity index (χ3v) is 6.32. The Morgan fingerprint density at radius 1 is 1.26 bits per heavy atom. The zero-order chi connectivity index (χ0) is 14.5. The van der Waals surface area contributed by atoms with Crippen LogP contribution >= 0.6 is 35.0 Å². The third kappa shape index (κ3) is 4.29. The van der Waals surface area contributed by atoms with E-state index in [-0.39, 0.29) is 6.04 Å². The molecule has 108 valence electrons. The molecule has 0 radical (unpaired) electrons. The quantitative estimate of drug-likeness (QED) is 0.705. The molecule has 1 aromatic rings. The van der Waals surface area contributed by atoms with Crippen molar-refractivity contribution in [2.75, 3.05) is 12.8 Å². The lowest BCUT2D eigenvalue weighted by Gasteiger charge is -2.31. The SMILES string of the molecule is CCC(CC)(CNC(C)c1cccc(Cl)c1Cl)SC. The smallest absolute Gasteiger partial charge is 0.0639 e. The van der Waals surface area contributed by atoms with E-state index in [4.69, 9.17) is 23.2 Å². The highest BCUT2D eigenvalue weighted by Gasteiger charge is 2.25. The Morgan fingerprint density at radius 2 is 1.89 bits per heavy atom. The fourth-order valence-electron chi connectivity index (χ4n) is 2.16. The second kappa shape index (κ2) is 7.78. The maximum absolute atomic E-state index is 6.26. The molecule has 0 fully saturated rings. The topological polar surface area (TPSA) is 12.0 Å². The molecule has 0 aliphatic carbocycles. The van der Waals surface area contributed by atoms with E-state index < -0.39 is 0 Å². The summed E-state index contributed by atoms with van der Waals surface area (Å²) in [4.78, 5) is 0. The Balaban J connectivity index is 2.75. The van der Waals surface area contributed by atoms with Crippen LogP contribution in [0.1, 0.15) is 45.2 Å². The lowest BCUT2D eigenvalue weighted by Crippen LogP contribution is -2.37. The van der Waals surface area contributed by atoms with E-state index in [0.29, 0.717) is 14.8 Å². The average molecular weight is 320 g/mol. The number of benzene rings is 1. The molecule has 1 N–H and O–H groups in total. The van der Waals surface area contributed by atoms with Crippen molar-refractivity contribution in [2.24, 2.45) is 0 Å². The number of hydrogen-bond donors (Lipinski definition) is 1. The van der Waals surface area contributed by atoms with Crippen LogP contribution in [0, 0.1) is 0 Å². The van der Waals surface area contributed by atoms with Crippen LogP contribution in [0.4, 0.5) is 0 Å². The Kier molecular flexibility index (Phi) is 7.02. The molecule has 0 saturated carbocycles. The van der Waals surface area contributed by atoms with E-state index in [9.17, 15) is 0 Å². The molecule has 1 unspecified atom stereocenters. The summed E-state index contributed by atoms with van der Waals surface area (Å²) in [5.74, 6) is 0. The van der Waals surface area contributed by atoms with Crippen molar-refractivity contribution in [1.29, 1.82) is 0 Å². The Hall–Kier alpha value is 0.110. The third-order valence-electron chi connectivity index (χ3n) is 3.90. The van der Waals surface area contributed by atoms with Gasteiger partial charge in [-0.2, -0.15) is 11.8 Å². The van der Waals surface area contributed by atoms with Gasteiger partial charge in [0.25, 0.3) is 0 Å². The van der Waals surface area contributed by atoms with E-state index >= 15 is 0 Å². The molecular formula is C15H23Cl2NS. The predicted molar refractivity (Wildman–Crippen MR) is 89.7 cm³/mol. The molecule has 0 heterocycles. The highest BCUT2D eigenvalue weighted by molar-refractivity contribution is 8.00. The fourth-order valence-corrected chi connectivity index (χ4v) is 3.44. The van der Waals surface area contributed by atoms with Gasteiger partial charge in [0.1, 0.15) is 0 Å². The van der Waals surface area contributed by atoms with Gasteiger partial charge in [-0.3, -0.25) is 0 Å². The lowest BCUT2D eigenvalue weighted by molar-refractivity contribution is 0.460. The summed E-state index contributed by atoms with van der Waals surface area (Å²) in [6.07, 6.45) is 4.51. The Labute approximate surface area is 131 Å². The molecule has 0 spiro atoms. The van der Waals surface area contributed by atoms with Gasteiger partial charge in [0.05, 0.1) is 10.0 Å². The van der Waals surface area contributed by atoms with Gasteiger partial charge in [0, 0.05) is 17.3 Å². The summed E-state index contributed by atoms with van der Waals surface area (Å²) in [5.41, 5.74) is 1.07. The van der Waals surface area contributed by atoms with Crippen LogP contribution in [0.3, 0.4) is 0 Å². The van der Waals surface area contributed by atoms with Crippen molar-refractivity contribution in [3.8, 4) is 0 Å². The van der Waals surface area contributed by atoms with Crippen molar-refractivity contribution in [3.63, 3.8) is 0 Å². The fraction of sp³-hybridized carbons (Fsp3) is 0.600. The number of halogens is 2. The molecule has 0 saturated heterocycles. The van der Waals surface area contributed by atoms with Gasteiger partial charge in [-0.1, -0.05) is 49.2 Å². The second-order valence-corrected chi connectivity index (χ2v) is 6.90. The van der Waals surface area contributed by atoms with Gasteiger partial charge in [-0.25, -0.2) is 0 Å². The van der Waals surface area contributed by atoms with E-state index in [0.717, 1.165) is 24.9 Å². The molecule has 4 heteroatoms. The first-order chi connectivity index (χ1) is 8.99. The molecule has 0 aliphatic rings. The van der Waals surface area contributed by atoms with Crippen molar-refractivity contribution in [1.82, 2.24) is 5.32 Å². The van der Waals surface area contributed by atoms with Gasteiger partial charge < -0.3 is 5.32 Å². The highest BCUT2D eigenvalue weighted by Crippen LogP contribution is 2.32. The first-order valence-electron chi connectivity index (χ1n) is 6.72. The standard InChI is InChI=1S/C15H23Cl2NS/c1-5-15(6-2,19-4)10-18-11(3)12-8-7-9-13(16)14(12)17/h7-9,11,18H,5-6,10H2,1-4H3. The summed E-state index contributed by atoms with van der Waals surface area (Å²) >= 11 is 14.3. The molecule has 1 rings (SSSR count). The van der Waals surface area contributed by atoms with E-state index in [2.05, 4.69) is 32.3 Å². The minimum Gasteiger partial charge on any atom is -0.309 e. The number of rotatable bonds is 7. The van der Waals surface area contributed by atoms with E-state index in [1.807, 2.05) is 30.0 Å². The molecule has 1 atom stereocenters. The van der Waals surface area contributed by atoms with Crippen LogP contribution in [-0.4, -0.2) is 17.5 Å².